The van der Waals surface area contributed by atoms with Crippen molar-refractivity contribution in [3.63, 3.8) is 0 Å². The van der Waals surface area contributed by atoms with Gasteiger partial charge in [0.1, 0.15) is 0 Å². The van der Waals surface area contributed by atoms with Crippen LogP contribution in [0.2, 0.25) is 0 Å². The van der Waals surface area contributed by atoms with E-state index in [1.54, 1.807) is 0 Å². The molecule has 46 heavy (non-hydrogen) atoms. The third-order valence-electron chi connectivity index (χ3n) is 7.75. The van der Waals surface area contributed by atoms with Gasteiger partial charge in [-0.3, -0.25) is 0 Å². The van der Waals surface area contributed by atoms with E-state index in [2.05, 4.69) is 133 Å². The van der Waals surface area contributed by atoms with E-state index in [9.17, 15) is 0 Å². The number of halogens is 9. The number of alkyl halides is 4. The minimum atomic E-state index is 0. The van der Waals surface area contributed by atoms with Gasteiger partial charge in [0.2, 0.25) is 0 Å². The molecule has 0 aliphatic rings. The molecule has 0 aromatic heterocycles. The van der Waals surface area contributed by atoms with Crippen LogP contribution in [0.5, 0.6) is 0 Å². The largest absolute Gasteiger partial charge is 1.00 e. The van der Waals surface area contributed by atoms with E-state index in [0.717, 1.165) is 37.4 Å². The molecule has 0 radical (unpaired) electrons. The van der Waals surface area contributed by atoms with Crippen molar-refractivity contribution in [3.05, 3.63) is 64.4 Å². The molecule has 0 saturated carbocycles. The molecule has 0 bridgehead atoms. The SMILES string of the molecule is Brc1cc(CCCCCCI)c(Br)cc1CCCCCCI.ClCCCCCCc1cc(Br)c(CCCCCCCl)cc1Br.[I-].[Na+]. The number of hydrogen-bond acceptors (Lipinski definition) is 0. The average molecular weight is 1280 g/mol. The zero-order chi connectivity index (χ0) is 32.4. The van der Waals surface area contributed by atoms with Crippen molar-refractivity contribution in [3.8, 4) is 0 Å². The second-order valence-electron chi connectivity index (χ2n) is 11.5. The predicted octanol–water partition coefficient (Wildman–Crippen LogP) is 10.2. The van der Waals surface area contributed by atoms with Crippen LogP contribution in [0.1, 0.15) is 125 Å². The van der Waals surface area contributed by atoms with Gasteiger partial charge in [-0.25, -0.2) is 0 Å². The Labute approximate surface area is 392 Å². The summed E-state index contributed by atoms with van der Waals surface area (Å²) in [6, 6.07) is 9.25. The fourth-order valence-electron chi connectivity index (χ4n) is 5.08. The van der Waals surface area contributed by atoms with Crippen LogP contribution >= 0.6 is 132 Å². The maximum absolute atomic E-state index is 5.71. The molecule has 0 amide bonds. The van der Waals surface area contributed by atoms with Gasteiger partial charge in [0.25, 0.3) is 0 Å². The molecule has 0 N–H and O–H groups in total. The fourth-order valence-corrected chi connectivity index (χ4v) is 8.89. The van der Waals surface area contributed by atoms with Crippen molar-refractivity contribution in [2.45, 2.75) is 128 Å². The van der Waals surface area contributed by atoms with Gasteiger partial charge >= 0.3 is 29.6 Å². The minimum Gasteiger partial charge on any atom is -1.00 e. The van der Waals surface area contributed by atoms with Crippen molar-refractivity contribution in [1.29, 1.82) is 0 Å². The molecular formula is C36H52Br4Cl2I3Na. The molecule has 2 aromatic carbocycles. The molecule has 0 saturated heterocycles. The zero-order valence-electron chi connectivity index (χ0n) is 27.7. The van der Waals surface area contributed by atoms with Gasteiger partial charge in [0.05, 0.1) is 0 Å². The van der Waals surface area contributed by atoms with E-state index in [0.29, 0.717) is 0 Å². The Morgan fingerprint density at radius 1 is 0.391 bits per heavy atom. The molecule has 0 atom stereocenters. The average Bonchev–Trinajstić information content (AvgIpc) is 3.01. The first-order chi connectivity index (χ1) is 21.4. The summed E-state index contributed by atoms with van der Waals surface area (Å²) >= 11 is 31.4. The third kappa shape index (κ3) is 26.0. The fraction of sp³-hybridized carbons (Fsp3) is 0.667. The van der Waals surface area contributed by atoms with Gasteiger partial charge in [0.15, 0.2) is 0 Å². The first-order valence-electron chi connectivity index (χ1n) is 16.5. The maximum Gasteiger partial charge on any atom is 1.00 e. The second kappa shape index (κ2) is 36.1. The molecule has 10 heteroatoms. The first-order valence-corrected chi connectivity index (χ1v) is 23.8. The van der Waals surface area contributed by atoms with E-state index < -0.39 is 0 Å². The van der Waals surface area contributed by atoms with Crippen molar-refractivity contribution in [1.82, 2.24) is 0 Å². The Kier molecular flexibility index (Phi) is 41.0. The van der Waals surface area contributed by atoms with Crippen LogP contribution in [0, 0.1) is 0 Å². The molecule has 0 unspecified atom stereocenters. The Bertz CT molecular complexity index is 859. The maximum atomic E-state index is 5.71. The summed E-state index contributed by atoms with van der Waals surface area (Å²) < 4.78 is 7.69. The predicted molar refractivity (Wildman–Crippen MR) is 232 cm³/mol. The molecule has 2 aromatic rings. The monoisotopic (exact) mass is 1270 g/mol. The number of aryl methyl sites for hydroxylation is 4. The molecule has 260 valence electrons. The normalized spacial score (nSPS) is 10.6. The second-order valence-corrected chi connectivity index (χ2v) is 17.8. The number of hydrogen-bond donors (Lipinski definition) is 0. The van der Waals surface area contributed by atoms with E-state index in [1.807, 2.05) is 0 Å². The summed E-state index contributed by atoms with van der Waals surface area (Å²) in [5, 5.41) is 0. The van der Waals surface area contributed by atoms with Crippen LogP contribution in [0.3, 0.4) is 0 Å². The molecular weight excluding hydrogens is 1230 g/mol. The summed E-state index contributed by atoms with van der Waals surface area (Å²) in [6.45, 7) is 0. The van der Waals surface area contributed by atoms with Crippen molar-refractivity contribution in [2.75, 3.05) is 20.6 Å². The molecule has 2 rings (SSSR count). The molecule has 0 nitrogen and oxygen atoms in total. The van der Waals surface area contributed by atoms with Gasteiger partial charge in [0, 0.05) is 29.7 Å². The van der Waals surface area contributed by atoms with Crippen LogP contribution in [0.25, 0.3) is 0 Å². The molecule has 0 aliphatic carbocycles. The van der Waals surface area contributed by atoms with Gasteiger partial charge in [-0.1, -0.05) is 160 Å². The number of benzene rings is 2. The van der Waals surface area contributed by atoms with Gasteiger partial charge in [-0.2, -0.15) is 0 Å². The minimum absolute atomic E-state index is 0. The number of rotatable bonds is 24. The summed E-state index contributed by atoms with van der Waals surface area (Å²) in [6.07, 6.45) is 25.2. The van der Waals surface area contributed by atoms with Crippen molar-refractivity contribution >= 4 is 132 Å². The van der Waals surface area contributed by atoms with E-state index in [1.165, 1.54) is 152 Å². The zero-order valence-corrected chi connectivity index (χ0v) is 44.0. The van der Waals surface area contributed by atoms with Gasteiger partial charge in [-0.05, 0) is 132 Å². The van der Waals surface area contributed by atoms with Crippen molar-refractivity contribution in [2.24, 2.45) is 0 Å². The third-order valence-corrected chi connectivity index (χ3v) is 12.8. The Morgan fingerprint density at radius 2 is 0.609 bits per heavy atom. The summed E-state index contributed by atoms with van der Waals surface area (Å²) in [5.74, 6) is 1.57. The Hall–Kier alpha value is 4.13. The number of unbranched alkanes of at least 4 members (excludes halogenated alkanes) is 12. The standard InChI is InChI=1S/C18H26Br2Cl2.C18H26Br2I2.HI.Na/c2*19-17-14-16(10-6-2-4-8-12-22)18(20)13-15(17)9-5-1-3-7-11-21;;/h2*13-14H,1-12H2;1H;/q;;;+1/p-1. The summed E-state index contributed by atoms with van der Waals surface area (Å²) in [5.41, 5.74) is 5.72. The summed E-state index contributed by atoms with van der Waals surface area (Å²) in [7, 11) is 0. The van der Waals surface area contributed by atoms with Gasteiger partial charge in [-0.15, -0.1) is 23.2 Å². The Balaban J connectivity index is 0. The van der Waals surface area contributed by atoms with E-state index in [4.69, 9.17) is 23.2 Å². The van der Waals surface area contributed by atoms with E-state index in [-0.39, 0.29) is 53.5 Å². The van der Waals surface area contributed by atoms with Crippen LogP contribution in [-0.4, -0.2) is 20.6 Å². The molecule has 0 heterocycles. The molecule has 0 fully saturated rings. The summed E-state index contributed by atoms with van der Waals surface area (Å²) in [4.78, 5) is 0. The van der Waals surface area contributed by atoms with Crippen molar-refractivity contribution < 1.29 is 53.5 Å². The Morgan fingerprint density at radius 3 is 0.826 bits per heavy atom. The van der Waals surface area contributed by atoms with Gasteiger partial charge < -0.3 is 24.0 Å². The molecule has 0 spiro atoms. The molecule has 0 aliphatic heterocycles. The topological polar surface area (TPSA) is 0 Å². The van der Waals surface area contributed by atoms with E-state index >= 15 is 0 Å². The van der Waals surface area contributed by atoms with Crippen LogP contribution in [0.4, 0.5) is 0 Å². The van der Waals surface area contributed by atoms with Crippen LogP contribution in [0.15, 0.2) is 42.2 Å². The smallest absolute Gasteiger partial charge is 1.00 e. The van der Waals surface area contributed by atoms with Crippen LogP contribution in [-0.2, 0) is 25.7 Å². The quantitative estimate of drug-likeness (QED) is 0.0426. The first kappa shape index (κ1) is 52.2. The van der Waals surface area contributed by atoms with Crippen LogP contribution < -0.4 is 53.5 Å².